The Bertz CT molecular complexity index is 849. The molecule has 6 nitrogen and oxygen atoms in total. The summed E-state index contributed by atoms with van der Waals surface area (Å²) in [5.74, 6) is -0.331. The van der Waals surface area contributed by atoms with Crippen LogP contribution in [0.5, 0.6) is 0 Å². The maximum absolute atomic E-state index is 12.3. The monoisotopic (exact) mass is 353 g/mol. The molecule has 0 unspecified atom stereocenters. The van der Waals surface area contributed by atoms with E-state index in [4.69, 9.17) is 5.14 Å². The number of benzene rings is 1. The normalized spacial score (nSPS) is 12.2. The number of nitrogens with one attached hydrogen (secondary N) is 1. The largest absolute Gasteiger partial charge is 0.321 e. The Kier molecular flexibility index (Phi) is 4.61. The first-order chi connectivity index (χ1) is 10.5. The van der Waals surface area contributed by atoms with Gasteiger partial charge in [-0.2, -0.15) is 0 Å². The summed E-state index contributed by atoms with van der Waals surface area (Å²) >= 11 is 1.31. The zero-order chi connectivity index (χ0) is 17.4. The molecule has 124 valence electrons. The molecular weight excluding hydrogens is 334 g/mol. The van der Waals surface area contributed by atoms with E-state index < -0.39 is 10.0 Å². The lowest BCUT2D eigenvalue weighted by atomic mass is 9.98. The topological polar surface area (TPSA) is 102 Å². The highest BCUT2D eigenvalue weighted by Gasteiger charge is 2.21. The molecule has 0 radical (unpaired) electrons. The Morgan fingerprint density at radius 1 is 1.30 bits per heavy atom. The van der Waals surface area contributed by atoms with Gasteiger partial charge in [-0.15, -0.1) is 11.3 Å². The highest BCUT2D eigenvalue weighted by molar-refractivity contribution is 7.89. The van der Waals surface area contributed by atoms with Crippen molar-refractivity contribution in [3.63, 3.8) is 0 Å². The van der Waals surface area contributed by atoms with E-state index in [1.807, 2.05) is 20.8 Å². The van der Waals surface area contributed by atoms with Gasteiger partial charge in [-0.3, -0.25) is 4.79 Å². The number of nitrogens with zero attached hydrogens (tertiary/aromatic N) is 1. The molecule has 2 rings (SSSR count). The Morgan fingerprint density at radius 3 is 2.48 bits per heavy atom. The molecule has 0 atom stereocenters. The van der Waals surface area contributed by atoms with E-state index in [-0.39, 0.29) is 16.2 Å². The number of aryl methyl sites for hydroxylation is 1. The minimum absolute atomic E-state index is 0.00464. The Hall–Kier alpha value is -1.77. The number of sulfonamides is 1. The highest BCUT2D eigenvalue weighted by atomic mass is 32.2. The number of carbonyl (C=O) groups excluding carboxylic acids is 1. The maximum Gasteiger partial charge on any atom is 0.267 e. The second-order valence-corrected chi connectivity index (χ2v) is 8.82. The summed E-state index contributed by atoms with van der Waals surface area (Å²) in [6, 6.07) is 4.59. The summed E-state index contributed by atoms with van der Waals surface area (Å²) in [5.41, 5.74) is 0.766. The van der Waals surface area contributed by atoms with Gasteiger partial charge in [-0.1, -0.05) is 26.8 Å². The van der Waals surface area contributed by atoms with Crippen LogP contribution in [-0.4, -0.2) is 19.3 Å². The van der Waals surface area contributed by atoms with Crippen LogP contribution in [0.3, 0.4) is 0 Å². The molecule has 0 bridgehead atoms. The van der Waals surface area contributed by atoms with E-state index in [1.54, 1.807) is 19.1 Å². The van der Waals surface area contributed by atoms with Gasteiger partial charge in [0.2, 0.25) is 10.0 Å². The van der Waals surface area contributed by atoms with Gasteiger partial charge in [0.1, 0.15) is 4.88 Å². The van der Waals surface area contributed by atoms with Gasteiger partial charge in [-0.05, 0) is 24.6 Å². The van der Waals surface area contributed by atoms with Gasteiger partial charge in [0.15, 0.2) is 0 Å². The van der Waals surface area contributed by atoms with Gasteiger partial charge in [0, 0.05) is 11.1 Å². The lowest BCUT2D eigenvalue weighted by Crippen LogP contribution is -2.15. The molecule has 0 aliphatic rings. The number of amides is 1. The third-order valence-electron chi connectivity index (χ3n) is 3.12. The molecular formula is C15H19N3O3S2. The van der Waals surface area contributed by atoms with Crippen molar-refractivity contribution < 1.29 is 13.2 Å². The number of thiazole rings is 1. The van der Waals surface area contributed by atoms with Crippen LogP contribution < -0.4 is 10.5 Å². The molecule has 0 saturated heterocycles. The predicted octanol–water partition coefficient (Wildman–Crippen LogP) is 2.65. The highest BCUT2D eigenvalue weighted by Crippen LogP contribution is 2.27. The molecule has 2 aromatic rings. The number of hydrogen-bond acceptors (Lipinski definition) is 5. The molecule has 23 heavy (non-hydrogen) atoms. The van der Waals surface area contributed by atoms with Gasteiger partial charge >= 0.3 is 0 Å². The standard InChI is InChI=1S/C15H19N3O3S2/c1-9-5-6-10(7-12(9)23(16,20)21)18-13(19)11-8-17-14(22-11)15(2,3)4/h5-8H,1-4H3,(H,18,19)(H2,16,20,21). The van der Waals surface area contributed by atoms with Gasteiger partial charge in [-0.25, -0.2) is 18.5 Å². The molecule has 1 aromatic heterocycles. The molecule has 3 N–H and O–H groups in total. The van der Waals surface area contributed by atoms with Gasteiger partial charge in [0.25, 0.3) is 5.91 Å². The molecule has 8 heteroatoms. The molecule has 1 heterocycles. The van der Waals surface area contributed by atoms with Crippen molar-refractivity contribution in [2.75, 3.05) is 5.32 Å². The molecule has 1 amide bonds. The predicted molar refractivity (Wildman–Crippen MR) is 91.3 cm³/mol. The number of hydrogen-bond donors (Lipinski definition) is 2. The van der Waals surface area contributed by atoms with Crippen LogP contribution in [-0.2, 0) is 15.4 Å². The number of anilines is 1. The van der Waals surface area contributed by atoms with E-state index in [1.165, 1.54) is 23.6 Å². The smallest absolute Gasteiger partial charge is 0.267 e. The van der Waals surface area contributed by atoms with Crippen molar-refractivity contribution in [1.29, 1.82) is 0 Å². The Labute approximate surface area is 139 Å². The summed E-state index contributed by atoms with van der Waals surface area (Å²) in [6.07, 6.45) is 1.52. The van der Waals surface area contributed by atoms with E-state index in [0.29, 0.717) is 16.1 Å². The van der Waals surface area contributed by atoms with Crippen LogP contribution in [0.1, 0.15) is 41.0 Å². The average Bonchev–Trinajstić information content (AvgIpc) is 2.89. The summed E-state index contributed by atoms with van der Waals surface area (Å²) in [4.78, 5) is 17.0. The number of nitrogens with two attached hydrogens (primary N) is 1. The molecule has 0 fully saturated rings. The molecule has 0 saturated carbocycles. The zero-order valence-electron chi connectivity index (χ0n) is 13.4. The maximum atomic E-state index is 12.3. The van der Waals surface area contributed by atoms with Crippen molar-refractivity contribution in [2.24, 2.45) is 5.14 Å². The van der Waals surface area contributed by atoms with Crippen molar-refractivity contribution in [1.82, 2.24) is 4.98 Å². The third kappa shape index (κ3) is 4.15. The van der Waals surface area contributed by atoms with Crippen molar-refractivity contribution in [2.45, 2.75) is 38.0 Å². The van der Waals surface area contributed by atoms with Crippen molar-refractivity contribution in [3.8, 4) is 0 Å². The number of rotatable bonds is 3. The fourth-order valence-corrected chi connectivity index (χ4v) is 3.58. The Balaban J connectivity index is 2.26. The SMILES string of the molecule is Cc1ccc(NC(=O)c2cnc(C(C)(C)C)s2)cc1S(N)(=O)=O. The molecule has 0 spiro atoms. The summed E-state index contributed by atoms with van der Waals surface area (Å²) in [5, 5.41) is 8.70. The van der Waals surface area contributed by atoms with E-state index in [2.05, 4.69) is 10.3 Å². The van der Waals surface area contributed by atoms with Gasteiger partial charge < -0.3 is 5.32 Å². The quantitative estimate of drug-likeness (QED) is 0.885. The average molecular weight is 353 g/mol. The van der Waals surface area contributed by atoms with Crippen LogP contribution in [0.25, 0.3) is 0 Å². The summed E-state index contributed by atoms with van der Waals surface area (Å²) in [6.45, 7) is 7.70. The van der Waals surface area contributed by atoms with Crippen LogP contribution in [0.2, 0.25) is 0 Å². The third-order valence-corrected chi connectivity index (χ3v) is 5.60. The van der Waals surface area contributed by atoms with Crippen molar-refractivity contribution in [3.05, 3.63) is 39.8 Å². The molecule has 1 aromatic carbocycles. The van der Waals surface area contributed by atoms with Crippen LogP contribution in [0, 0.1) is 6.92 Å². The van der Waals surface area contributed by atoms with Crippen LogP contribution in [0.4, 0.5) is 5.69 Å². The first-order valence-electron chi connectivity index (χ1n) is 6.89. The first kappa shape index (κ1) is 17.6. The number of carbonyl (C=O) groups is 1. The lowest BCUT2D eigenvalue weighted by Gasteiger charge is -2.13. The van der Waals surface area contributed by atoms with E-state index in [9.17, 15) is 13.2 Å². The van der Waals surface area contributed by atoms with E-state index in [0.717, 1.165) is 5.01 Å². The molecule has 0 aliphatic carbocycles. The zero-order valence-corrected chi connectivity index (χ0v) is 15.0. The Morgan fingerprint density at radius 2 is 1.96 bits per heavy atom. The van der Waals surface area contributed by atoms with Crippen LogP contribution in [0.15, 0.2) is 29.3 Å². The fraction of sp³-hybridized carbons (Fsp3) is 0.333. The fourth-order valence-electron chi connectivity index (χ4n) is 1.90. The first-order valence-corrected chi connectivity index (χ1v) is 9.26. The van der Waals surface area contributed by atoms with E-state index >= 15 is 0 Å². The van der Waals surface area contributed by atoms with Crippen molar-refractivity contribution >= 4 is 33.0 Å². The molecule has 0 aliphatic heterocycles. The number of aromatic nitrogens is 1. The minimum atomic E-state index is -3.83. The van der Waals surface area contributed by atoms with Crippen LogP contribution >= 0.6 is 11.3 Å². The summed E-state index contributed by atoms with van der Waals surface area (Å²) in [7, 11) is -3.83. The summed E-state index contributed by atoms with van der Waals surface area (Å²) < 4.78 is 23.1. The van der Waals surface area contributed by atoms with Gasteiger partial charge in [0.05, 0.1) is 16.1 Å². The number of primary sulfonamides is 1. The lowest BCUT2D eigenvalue weighted by molar-refractivity contribution is 0.103. The minimum Gasteiger partial charge on any atom is -0.321 e. The second kappa shape index (κ2) is 6.03. The second-order valence-electron chi connectivity index (χ2n) is 6.26.